The van der Waals surface area contributed by atoms with Gasteiger partial charge in [0.15, 0.2) is 5.25 Å². The van der Waals surface area contributed by atoms with Gasteiger partial charge in [-0.15, -0.1) is 0 Å². The van der Waals surface area contributed by atoms with Crippen LogP contribution in [0.25, 0.3) is 10.8 Å². The van der Waals surface area contributed by atoms with Crippen molar-refractivity contribution in [3.63, 3.8) is 0 Å². The van der Waals surface area contributed by atoms with Gasteiger partial charge in [0, 0.05) is 17.1 Å². The summed E-state index contributed by atoms with van der Waals surface area (Å²) in [6.45, 7) is 0. The maximum absolute atomic E-state index is 11.5. The molecule has 0 spiro atoms. The minimum Gasteiger partial charge on any atom is -0.497 e. The molecule has 5 heteroatoms. The summed E-state index contributed by atoms with van der Waals surface area (Å²) >= 11 is 0. The predicted molar refractivity (Wildman–Crippen MR) is 74.9 cm³/mol. The van der Waals surface area contributed by atoms with Gasteiger partial charge in [-0.2, -0.15) is 0 Å². The molecule has 1 N–H and O–H groups in total. The van der Waals surface area contributed by atoms with Crippen LogP contribution in [0.15, 0.2) is 36.4 Å². The largest absolute Gasteiger partial charge is 0.497 e. The van der Waals surface area contributed by atoms with Crippen LogP contribution in [0, 0.1) is 0 Å². The van der Waals surface area contributed by atoms with Crippen molar-refractivity contribution in [3.8, 4) is 5.75 Å². The summed E-state index contributed by atoms with van der Waals surface area (Å²) in [6, 6.07) is 10.8. The van der Waals surface area contributed by atoms with Crippen molar-refractivity contribution >= 4 is 27.5 Å². The number of hydrogen-bond donors (Lipinski definition) is 1. The predicted octanol–water partition coefficient (Wildman–Crippen LogP) is 2.35. The first-order chi connectivity index (χ1) is 9.02. The third kappa shape index (κ3) is 2.76. The fraction of sp³-hybridized carbons (Fsp3) is 0.214. The van der Waals surface area contributed by atoms with Crippen molar-refractivity contribution in [3.05, 3.63) is 42.0 Å². The summed E-state index contributed by atoms with van der Waals surface area (Å²) < 4.78 is 16.7. The van der Waals surface area contributed by atoms with E-state index in [-0.39, 0.29) is 0 Å². The third-order valence-electron chi connectivity index (χ3n) is 2.93. The highest BCUT2D eigenvalue weighted by Crippen LogP contribution is 2.26. The number of ether oxygens (including phenoxy) is 1. The number of carboxylic acid groups (broad SMARTS) is 1. The molecular formula is C14H14O4S. The van der Waals surface area contributed by atoms with Crippen molar-refractivity contribution in [1.82, 2.24) is 0 Å². The number of hydrogen-bond acceptors (Lipinski definition) is 3. The van der Waals surface area contributed by atoms with Gasteiger partial charge < -0.3 is 9.84 Å². The molecular weight excluding hydrogens is 264 g/mol. The lowest BCUT2D eigenvalue weighted by Gasteiger charge is -2.11. The van der Waals surface area contributed by atoms with Gasteiger partial charge in [-0.1, -0.05) is 18.2 Å². The highest BCUT2D eigenvalue weighted by molar-refractivity contribution is 7.85. The molecule has 4 nitrogen and oxygen atoms in total. The lowest BCUT2D eigenvalue weighted by Crippen LogP contribution is -2.16. The number of fused-ring (bicyclic) bond motifs is 1. The molecule has 0 amide bonds. The number of carbonyl (C=O) groups is 1. The molecule has 0 saturated heterocycles. The van der Waals surface area contributed by atoms with E-state index in [4.69, 9.17) is 9.84 Å². The molecule has 2 aromatic rings. The minimum atomic E-state index is -1.46. The van der Waals surface area contributed by atoms with Gasteiger partial charge in [-0.25, -0.2) is 0 Å². The van der Waals surface area contributed by atoms with Crippen molar-refractivity contribution in [1.29, 1.82) is 0 Å². The molecule has 19 heavy (non-hydrogen) atoms. The van der Waals surface area contributed by atoms with Gasteiger partial charge in [0.25, 0.3) is 0 Å². The zero-order valence-electron chi connectivity index (χ0n) is 10.6. The first kappa shape index (κ1) is 13.5. The molecule has 2 atom stereocenters. The zero-order valence-corrected chi connectivity index (χ0v) is 11.4. The van der Waals surface area contributed by atoms with Crippen LogP contribution in [0.4, 0.5) is 0 Å². The summed E-state index contributed by atoms with van der Waals surface area (Å²) in [7, 11) is 0.136. The average Bonchev–Trinajstić information content (AvgIpc) is 2.37. The Kier molecular flexibility index (Phi) is 3.85. The summed E-state index contributed by atoms with van der Waals surface area (Å²) in [5.41, 5.74) is 0.547. The maximum Gasteiger partial charge on any atom is 0.323 e. The summed E-state index contributed by atoms with van der Waals surface area (Å²) in [4.78, 5) is 11.2. The highest BCUT2D eigenvalue weighted by atomic mass is 32.2. The van der Waals surface area contributed by atoms with Crippen molar-refractivity contribution in [2.45, 2.75) is 5.25 Å². The Morgan fingerprint density at radius 2 is 1.84 bits per heavy atom. The van der Waals surface area contributed by atoms with Gasteiger partial charge >= 0.3 is 5.97 Å². The molecule has 0 saturated carbocycles. The standard InChI is InChI=1S/C14H14O4S/c1-18-12-6-5-9-7-11(4-3-10(9)8-12)13(14(15)16)19(2)17/h3-8,13H,1-2H3,(H,15,16). The van der Waals surface area contributed by atoms with E-state index in [0.717, 1.165) is 16.5 Å². The summed E-state index contributed by atoms with van der Waals surface area (Å²) in [6.07, 6.45) is 1.40. The Labute approximate surface area is 113 Å². The van der Waals surface area contributed by atoms with Crippen molar-refractivity contribution in [2.24, 2.45) is 0 Å². The van der Waals surface area contributed by atoms with E-state index in [1.807, 2.05) is 24.3 Å². The van der Waals surface area contributed by atoms with E-state index in [2.05, 4.69) is 0 Å². The van der Waals surface area contributed by atoms with Crippen LogP contribution in [0.1, 0.15) is 10.8 Å². The minimum absolute atomic E-state index is 0.547. The lowest BCUT2D eigenvalue weighted by atomic mass is 10.0. The molecule has 100 valence electrons. The Balaban J connectivity index is 2.52. The second-order valence-corrected chi connectivity index (χ2v) is 5.66. The smallest absolute Gasteiger partial charge is 0.323 e. The van der Waals surface area contributed by atoms with Crippen LogP contribution in [-0.4, -0.2) is 28.7 Å². The molecule has 0 aliphatic heterocycles. The second-order valence-electron chi connectivity index (χ2n) is 4.19. The maximum atomic E-state index is 11.5. The van der Waals surface area contributed by atoms with E-state index in [9.17, 15) is 9.00 Å². The number of methoxy groups -OCH3 is 1. The average molecular weight is 278 g/mol. The summed E-state index contributed by atoms with van der Waals surface area (Å²) in [5.74, 6) is -0.331. The van der Waals surface area contributed by atoms with Crippen molar-refractivity contribution in [2.75, 3.05) is 13.4 Å². The van der Waals surface area contributed by atoms with Crippen LogP contribution in [0.3, 0.4) is 0 Å². The molecule has 0 aromatic heterocycles. The van der Waals surface area contributed by atoms with Crippen LogP contribution < -0.4 is 4.74 Å². The van der Waals surface area contributed by atoms with E-state index < -0.39 is 22.0 Å². The topological polar surface area (TPSA) is 63.6 Å². The Morgan fingerprint density at radius 3 is 2.42 bits per heavy atom. The zero-order chi connectivity index (χ0) is 14.0. The van der Waals surface area contributed by atoms with E-state index in [0.29, 0.717) is 5.56 Å². The van der Waals surface area contributed by atoms with Gasteiger partial charge in [0.05, 0.1) is 7.11 Å². The Bertz CT molecular complexity index is 637. The normalized spacial score (nSPS) is 14.0. The fourth-order valence-corrected chi connectivity index (χ4v) is 2.82. The first-order valence-corrected chi connectivity index (χ1v) is 7.28. The monoisotopic (exact) mass is 278 g/mol. The molecule has 0 heterocycles. The first-order valence-electron chi connectivity index (χ1n) is 5.65. The van der Waals surface area contributed by atoms with Gasteiger partial charge in [-0.3, -0.25) is 9.00 Å². The van der Waals surface area contributed by atoms with E-state index in [1.54, 1.807) is 19.2 Å². The van der Waals surface area contributed by atoms with Gasteiger partial charge in [0.1, 0.15) is 5.75 Å². The quantitative estimate of drug-likeness (QED) is 0.932. The number of benzene rings is 2. The van der Waals surface area contributed by atoms with E-state index >= 15 is 0 Å². The number of rotatable bonds is 4. The summed E-state index contributed by atoms with van der Waals surface area (Å²) in [5, 5.41) is 10.00. The molecule has 0 aliphatic carbocycles. The SMILES string of the molecule is COc1ccc2cc(C(C(=O)O)S(C)=O)ccc2c1. The van der Waals surface area contributed by atoms with Crippen LogP contribution >= 0.6 is 0 Å². The number of carboxylic acids is 1. The van der Waals surface area contributed by atoms with Gasteiger partial charge in [-0.05, 0) is 34.5 Å². The lowest BCUT2D eigenvalue weighted by molar-refractivity contribution is -0.136. The third-order valence-corrected chi connectivity index (χ3v) is 4.07. The van der Waals surface area contributed by atoms with E-state index in [1.165, 1.54) is 6.26 Å². The molecule has 2 aromatic carbocycles. The molecule has 0 fully saturated rings. The second kappa shape index (κ2) is 5.40. The van der Waals surface area contributed by atoms with Gasteiger partial charge in [0.2, 0.25) is 0 Å². The number of aliphatic carboxylic acids is 1. The molecule has 0 bridgehead atoms. The fourth-order valence-electron chi connectivity index (χ4n) is 2.01. The highest BCUT2D eigenvalue weighted by Gasteiger charge is 2.23. The van der Waals surface area contributed by atoms with Crippen LogP contribution in [0.2, 0.25) is 0 Å². The Hall–Kier alpha value is -1.88. The molecule has 0 radical (unpaired) electrons. The molecule has 2 rings (SSSR count). The van der Waals surface area contributed by atoms with Crippen LogP contribution in [0.5, 0.6) is 5.75 Å². The molecule has 0 aliphatic rings. The van der Waals surface area contributed by atoms with Crippen LogP contribution in [-0.2, 0) is 15.6 Å². The Morgan fingerprint density at radius 1 is 1.21 bits per heavy atom. The van der Waals surface area contributed by atoms with Crippen molar-refractivity contribution < 1.29 is 18.8 Å². The molecule has 2 unspecified atom stereocenters.